The lowest BCUT2D eigenvalue weighted by molar-refractivity contribution is -0.137. The number of sulfonamides is 1. The average Bonchev–Trinajstić information content (AvgIpc) is 2.81. The molecule has 0 aliphatic heterocycles. The summed E-state index contributed by atoms with van der Waals surface area (Å²) < 4.78 is 62.9. The van der Waals surface area contributed by atoms with Gasteiger partial charge in [0.2, 0.25) is 5.16 Å². The van der Waals surface area contributed by atoms with Crippen LogP contribution in [0.5, 0.6) is 0 Å². The number of alkyl halides is 3. The number of anilines is 1. The quantitative estimate of drug-likeness (QED) is 0.910. The molecule has 2 N–H and O–H groups in total. The van der Waals surface area contributed by atoms with Crippen molar-refractivity contribution in [3.05, 3.63) is 42.2 Å². The van der Waals surface area contributed by atoms with Gasteiger partial charge in [-0.2, -0.15) is 21.6 Å². The van der Waals surface area contributed by atoms with Gasteiger partial charge in [0.1, 0.15) is 0 Å². The Bertz CT molecular complexity index is 666. The van der Waals surface area contributed by atoms with Crippen LogP contribution in [0.25, 0.3) is 0 Å². The molecule has 0 radical (unpaired) electrons. The van der Waals surface area contributed by atoms with Crippen molar-refractivity contribution in [3.63, 3.8) is 0 Å². The van der Waals surface area contributed by atoms with Gasteiger partial charge >= 0.3 is 6.18 Å². The van der Waals surface area contributed by atoms with Crippen LogP contribution in [-0.2, 0) is 16.2 Å². The summed E-state index contributed by atoms with van der Waals surface area (Å²) in [6, 6.07) is 3.89. The molecular weight excluding hydrogens is 283 g/mol. The van der Waals surface area contributed by atoms with Crippen LogP contribution in [0.3, 0.4) is 0 Å². The summed E-state index contributed by atoms with van der Waals surface area (Å²) >= 11 is 0. The summed E-state index contributed by atoms with van der Waals surface area (Å²) in [6.07, 6.45) is -2.02. The predicted molar refractivity (Wildman–Crippen MR) is 60.8 cm³/mol. The first kappa shape index (κ1) is 13.4. The van der Waals surface area contributed by atoms with Crippen LogP contribution in [0, 0.1) is 0 Å². The first-order valence-electron chi connectivity index (χ1n) is 4.98. The summed E-state index contributed by atoms with van der Waals surface area (Å²) in [7, 11) is -4.02. The molecular formula is C10H8F3N3O2S. The Morgan fingerprint density at radius 2 is 2.00 bits per heavy atom. The number of halogens is 3. The van der Waals surface area contributed by atoms with Gasteiger partial charge in [-0.3, -0.25) is 4.72 Å². The molecule has 0 aliphatic rings. The summed E-state index contributed by atoms with van der Waals surface area (Å²) in [4.78, 5) is 5.89. The van der Waals surface area contributed by atoms with Gasteiger partial charge in [-0.1, -0.05) is 6.07 Å². The number of hydrogen-bond acceptors (Lipinski definition) is 3. The lowest BCUT2D eigenvalue weighted by Gasteiger charge is -2.10. The zero-order chi connectivity index (χ0) is 14.1. The van der Waals surface area contributed by atoms with Gasteiger partial charge in [0, 0.05) is 18.1 Å². The van der Waals surface area contributed by atoms with E-state index in [0.29, 0.717) is 6.07 Å². The molecule has 0 bridgehead atoms. The molecule has 1 aromatic heterocycles. The van der Waals surface area contributed by atoms with Gasteiger partial charge in [-0.05, 0) is 18.2 Å². The number of H-pyrrole nitrogens is 1. The molecule has 0 saturated carbocycles. The van der Waals surface area contributed by atoms with E-state index >= 15 is 0 Å². The minimum Gasteiger partial charge on any atom is -0.334 e. The molecule has 19 heavy (non-hydrogen) atoms. The van der Waals surface area contributed by atoms with E-state index in [-0.39, 0.29) is 10.8 Å². The van der Waals surface area contributed by atoms with Crippen LogP contribution in [0.15, 0.2) is 41.8 Å². The maximum absolute atomic E-state index is 12.5. The number of benzene rings is 1. The molecule has 2 aromatic rings. The fourth-order valence-corrected chi connectivity index (χ4v) is 2.32. The van der Waals surface area contributed by atoms with E-state index in [0.717, 1.165) is 12.1 Å². The molecule has 1 aromatic carbocycles. The summed E-state index contributed by atoms with van der Waals surface area (Å²) in [6.45, 7) is 0. The molecule has 0 spiro atoms. The van der Waals surface area contributed by atoms with E-state index in [9.17, 15) is 21.6 Å². The highest BCUT2D eigenvalue weighted by atomic mass is 32.2. The maximum atomic E-state index is 12.5. The van der Waals surface area contributed by atoms with Gasteiger partial charge < -0.3 is 4.98 Å². The molecule has 0 amide bonds. The number of imidazole rings is 1. The van der Waals surface area contributed by atoms with Crippen LogP contribution in [0.2, 0.25) is 0 Å². The molecule has 2 rings (SSSR count). The van der Waals surface area contributed by atoms with Crippen LogP contribution in [-0.4, -0.2) is 18.4 Å². The van der Waals surface area contributed by atoms with Crippen molar-refractivity contribution in [2.75, 3.05) is 4.72 Å². The van der Waals surface area contributed by atoms with Gasteiger partial charge in [0.05, 0.1) is 5.56 Å². The Labute approximate surface area is 106 Å². The SMILES string of the molecule is O=S(=O)(Nc1cccc(C(F)(F)F)c1)c1ncc[nH]1. The molecule has 5 nitrogen and oxygen atoms in total. The van der Waals surface area contributed by atoms with Gasteiger partial charge in [-0.15, -0.1) is 0 Å². The van der Waals surface area contributed by atoms with Crippen LogP contribution < -0.4 is 4.72 Å². The smallest absolute Gasteiger partial charge is 0.334 e. The Kier molecular flexibility index (Phi) is 3.23. The summed E-state index contributed by atoms with van der Waals surface area (Å²) in [5, 5.41) is -0.370. The van der Waals surface area contributed by atoms with Crippen molar-refractivity contribution >= 4 is 15.7 Å². The molecule has 1 heterocycles. The van der Waals surface area contributed by atoms with E-state index in [2.05, 4.69) is 9.97 Å². The zero-order valence-corrected chi connectivity index (χ0v) is 10.1. The average molecular weight is 291 g/mol. The predicted octanol–water partition coefficient (Wildman–Crippen LogP) is 2.23. The fraction of sp³-hybridized carbons (Fsp3) is 0.100. The van der Waals surface area contributed by atoms with Crippen molar-refractivity contribution in [1.29, 1.82) is 0 Å². The minimum atomic E-state index is -4.54. The van der Waals surface area contributed by atoms with Gasteiger partial charge in [0.15, 0.2) is 0 Å². The Morgan fingerprint density at radius 1 is 1.26 bits per heavy atom. The van der Waals surface area contributed by atoms with Crippen molar-refractivity contribution in [2.24, 2.45) is 0 Å². The normalized spacial score (nSPS) is 12.4. The minimum absolute atomic E-state index is 0.189. The van der Waals surface area contributed by atoms with Crippen LogP contribution in [0.1, 0.15) is 5.56 Å². The summed E-state index contributed by atoms with van der Waals surface area (Å²) in [5.41, 5.74) is -1.13. The lowest BCUT2D eigenvalue weighted by Crippen LogP contribution is -2.15. The van der Waals surface area contributed by atoms with E-state index in [1.54, 1.807) is 0 Å². The standard InChI is InChI=1S/C10H8F3N3O2S/c11-10(12,13)7-2-1-3-8(6-7)16-19(17,18)9-14-4-5-15-9/h1-6,16H,(H,14,15). The Hall–Kier alpha value is -2.03. The lowest BCUT2D eigenvalue weighted by atomic mass is 10.2. The molecule has 0 unspecified atom stereocenters. The van der Waals surface area contributed by atoms with Crippen molar-refractivity contribution in [1.82, 2.24) is 9.97 Å². The largest absolute Gasteiger partial charge is 0.416 e. The zero-order valence-electron chi connectivity index (χ0n) is 9.27. The topological polar surface area (TPSA) is 74.8 Å². The monoisotopic (exact) mass is 291 g/mol. The van der Waals surface area contributed by atoms with Gasteiger partial charge in [0.25, 0.3) is 10.0 Å². The number of nitrogens with zero attached hydrogens (tertiary/aromatic N) is 1. The highest BCUT2D eigenvalue weighted by Gasteiger charge is 2.30. The summed E-state index contributed by atoms with van der Waals surface area (Å²) in [5.74, 6) is 0. The number of aromatic amines is 1. The Morgan fingerprint density at radius 3 is 2.58 bits per heavy atom. The molecule has 0 saturated heterocycles. The van der Waals surface area contributed by atoms with Crippen molar-refractivity contribution in [3.8, 4) is 0 Å². The highest BCUT2D eigenvalue weighted by Crippen LogP contribution is 2.31. The fourth-order valence-electron chi connectivity index (χ4n) is 1.36. The molecule has 9 heteroatoms. The van der Waals surface area contributed by atoms with Gasteiger partial charge in [-0.25, -0.2) is 4.98 Å². The third-order valence-corrected chi connectivity index (χ3v) is 3.41. The van der Waals surface area contributed by atoms with E-state index in [1.165, 1.54) is 18.5 Å². The molecule has 102 valence electrons. The maximum Gasteiger partial charge on any atom is 0.416 e. The third kappa shape index (κ3) is 3.05. The number of rotatable bonds is 3. The molecule has 0 aliphatic carbocycles. The van der Waals surface area contributed by atoms with Crippen molar-refractivity contribution in [2.45, 2.75) is 11.3 Å². The number of hydrogen-bond donors (Lipinski definition) is 2. The number of nitrogens with one attached hydrogen (secondary N) is 2. The second-order valence-electron chi connectivity index (χ2n) is 3.58. The molecule has 0 fully saturated rings. The second-order valence-corrected chi connectivity index (χ2v) is 5.18. The second kappa shape index (κ2) is 4.57. The third-order valence-electron chi connectivity index (χ3n) is 2.17. The Balaban J connectivity index is 2.30. The highest BCUT2D eigenvalue weighted by molar-refractivity contribution is 7.92. The van der Waals surface area contributed by atoms with E-state index < -0.39 is 21.8 Å². The first-order valence-corrected chi connectivity index (χ1v) is 6.47. The van der Waals surface area contributed by atoms with Crippen molar-refractivity contribution < 1.29 is 21.6 Å². The van der Waals surface area contributed by atoms with E-state index in [4.69, 9.17) is 0 Å². The van der Waals surface area contributed by atoms with E-state index in [1.807, 2.05) is 4.72 Å². The first-order chi connectivity index (χ1) is 8.79. The van der Waals surface area contributed by atoms with Crippen LogP contribution in [0.4, 0.5) is 18.9 Å². The number of aromatic nitrogens is 2. The van der Waals surface area contributed by atoms with Crippen LogP contribution >= 0.6 is 0 Å². The molecule has 0 atom stereocenters.